The number of nitrogens with one attached hydrogen (secondary N) is 2. The summed E-state index contributed by atoms with van der Waals surface area (Å²) >= 11 is 6.84. The summed E-state index contributed by atoms with van der Waals surface area (Å²) in [5.74, 6) is 0.632. The first-order chi connectivity index (χ1) is 19.0. The van der Waals surface area contributed by atoms with Gasteiger partial charge in [-0.3, -0.25) is 4.79 Å². The van der Waals surface area contributed by atoms with Crippen LogP contribution in [0.25, 0.3) is 5.65 Å². The quantitative estimate of drug-likeness (QED) is 0.356. The minimum absolute atomic E-state index is 0.00840. The number of hydrogen-bond donors (Lipinski definition) is 2. The molecular formula is C25H27ClN10O3. The van der Waals surface area contributed by atoms with Gasteiger partial charge in [0.1, 0.15) is 12.7 Å². The first-order valence-electron chi connectivity index (χ1n) is 12.5. The van der Waals surface area contributed by atoms with E-state index in [2.05, 4.69) is 37.8 Å². The molecule has 14 heteroatoms. The van der Waals surface area contributed by atoms with Crippen LogP contribution in [-0.2, 0) is 14.3 Å². The van der Waals surface area contributed by atoms with Crippen molar-refractivity contribution in [2.45, 2.75) is 18.9 Å². The van der Waals surface area contributed by atoms with E-state index in [0.29, 0.717) is 78.9 Å². The molecule has 0 atom stereocenters. The van der Waals surface area contributed by atoms with Crippen molar-refractivity contribution in [2.24, 2.45) is 0 Å². The molecule has 1 aliphatic carbocycles. The summed E-state index contributed by atoms with van der Waals surface area (Å²) in [6.07, 6.45) is 3.51. The Kier molecular flexibility index (Phi) is 7.93. The maximum absolute atomic E-state index is 12.5. The van der Waals surface area contributed by atoms with E-state index >= 15 is 0 Å². The predicted octanol–water partition coefficient (Wildman–Crippen LogP) is 2.15. The molecule has 2 fully saturated rings. The minimum Gasteiger partial charge on any atom is -0.382 e. The Balaban J connectivity index is 1.35. The largest absolute Gasteiger partial charge is 0.382 e. The number of imidazole rings is 1. The number of rotatable bonds is 10. The topological polar surface area (TPSA) is 157 Å². The number of amides is 1. The molecule has 5 rings (SSSR count). The van der Waals surface area contributed by atoms with Gasteiger partial charge in [0.05, 0.1) is 47.4 Å². The maximum atomic E-state index is 12.5. The Morgan fingerprint density at radius 3 is 2.67 bits per heavy atom. The SMILES string of the molecule is COCCOCC(=O)N1CCN(c2cc(C#N)cc(Nc3nc(NC4CC4)c4ncc(C#N)n4n3)c2Cl)CC1. The van der Waals surface area contributed by atoms with Crippen LogP contribution in [-0.4, -0.2) is 89.5 Å². The molecule has 202 valence electrons. The van der Waals surface area contributed by atoms with Gasteiger partial charge < -0.3 is 29.9 Å². The highest BCUT2D eigenvalue weighted by Crippen LogP contribution is 2.36. The first kappa shape index (κ1) is 26.4. The predicted molar refractivity (Wildman–Crippen MR) is 143 cm³/mol. The summed E-state index contributed by atoms with van der Waals surface area (Å²) in [7, 11) is 1.58. The number of carbonyl (C=O) groups excluding carboxylic acids is 1. The highest BCUT2D eigenvalue weighted by atomic mass is 35.5. The third-order valence-electron chi connectivity index (χ3n) is 6.45. The molecule has 1 amide bonds. The summed E-state index contributed by atoms with van der Waals surface area (Å²) in [5.41, 5.74) is 2.24. The van der Waals surface area contributed by atoms with Crippen molar-refractivity contribution in [2.75, 3.05) is 68.6 Å². The van der Waals surface area contributed by atoms with Gasteiger partial charge in [-0.05, 0) is 25.0 Å². The zero-order chi connectivity index (χ0) is 27.4. The van der Waals surface area contributed by atoms with E-state index in [-0.39, 0.29) is 24.2 Å². The molecule has 1 aromatic carbocycles. The van der Waals surface area contributed by atoms with Gasteiger partial charge in [0.15, 0.2) is 17.2 Å². The zero-order valence-corrected chi connectivity index (χ0v) is 22.1. The Morgan fingerprint density at radius 1 is 1.18 bits per heavy atom. The fourth-order valence-corrected chi connectivity index (χ4v) is 4.51. The smallest absolute Gasteiger partial charge is 0.248 e. The summed E-state index contributed by atoms with van der Waals surface area (Å²) in [6, 6.07) is 7.93. The second kappa shape index (κ2) is 11.7. The second-order valence-corrected chi connectivity index (χ2v) is 9.58. The number of fused-ring (bicyclic) bond motifs is 1. The van der Waals surface area contributed by atoms with Crippen molar-refractivity contribution < 1.29 is 14.3 Å². The maximum Gasteiger partial charge on any atom is 0.248 e. The molecule has 1 saturated heterocycles. The van der Waals surface area contributed by atoms with Gasteiger partial charge >= 0.3 is 0 Å². The lowest BCUT2D eigenvalue weighted by Crippen LogP contribution is -2.50. The number of ether oxygens (including phenoxy) is 2. The molecule has 3 aromatic rings. The molecule has 0 spiro atoms. The number of nitriles is 2. The monoisotopic (exact) mass is 550 g/mol. The molecule has 1 saturated carbocycles. The number of methoxy groups -OCH3 is 1. The lowest BCUT2D eigenvalue weighted by Gasteiger charge is -2.36. The third-order valence-corrected chi connectivity index (χ3v) is 6.85. The van der Waals surface area contributed by atoms with Crippen molar-refractivity contribution in [3.8, 4) is 12.1 Å². The van der Waals surface area contributed by atoms with Crippen LogP contribution in [0.2, 0.25) is 5.02 Å². The molecule has 39 heavy (non-hydrogen) atoms. The van der Waals surface area contributed by atoms with Crippen LogP contribution in [0, 0.1) is 22.7 Å². The Labute approximate surface area is 229 Å². The first-order valence-corrected chi connectivity index (χ1v) is 12.9. The average Bonchev–Trinajstić information content (AvgIpc) is 3.67. The van der Waals surface area contributed by atoms with E-state index in [1.165, 1.54) is 10.7 Å². The Morgan fingerprint density at radius 2 is 1.97 bits per heavy atom. The molecule has 0 radical (unpaired) electrons. The highest BCUT2D eigenvalue weighted by Gasteiger charge is 2.26. The van der Waals surface area contributed by atoms with Gasteiger partial charge in [-0.2, -0.15) is 20.0 Å². The van der Waals surface area contributed by atoms with Crippen LogP contribution in [0.3, 0.4) is 0 Å². The van der Waals surface area contributed by atoms with Gasteiger partial charge in [-0.15, -0.1) is 5.10 Å². The highest BCUT2D eigenvalue weighted by molar-refractivity contribution is 6.36. The number of benzene rings is 1. The van der Waals surface area contributed by atoms with Gasteiger partial charge in [0.2, 0.25) is 11.9 Å². The summed E-state index contributed by atoms with van der Waals surface area (Å²) in [5, 5.41) is 30.5. The molecule has 2 aromatic heterocycles. The molecule has 0 unspecified atom stereocenters. The van der Waals surface area contributed by atoms with E-state index in [1.807, 2.05) is 4.90 Å². The number of nitrogens with zero attached hydrogens (tertiary/aromatic N) is 8. The zero-order valence-electron chi connectivity index (χ0n) is 21.4. The number of carbonyl (C=O) groups is 1. The number of halogens is 1. The normalized spacial score (nSPS) is 15.2. The van der Waals surface area contributed by atoms with Gasteiger partial charge in [-0.1, -0.05) is 11.6 Å². The number of anilines is 4. The van der Waals surface area contributed by atoms with Crippen molar-refractivity contribution in [3.63, 3.8) is 0 Å². The van der Waals surface area contributed by atoms with Crippen LogP contribution in [0.15, 0.2) is 18.3 Å². The molecule has 0 bridgehead atoms. The van der Waals surface area contributed by atoms with Crippen molar-refractivity contribution >= 4 is 46.3 Å². The number of piperazine rings is 1. The van der Waals surface area contributed by atoms with Crippen LogP contribution in [0.4, 0.5) is 23.1 Å². The lowest BCUT2D eigenvalue weighted by molar-refractivity contribution is -0.136. The van der Waals surface area contributed by atoms with Crippen LogP contribution < -0.4 is 15.5 Å². The Hall–Kier alpha value is -4.17. The van der Waals surface area contributed by atoms with Crippen LogP contribution in [0.5, 0.6) is 0 Å². The minimum atomic E-state index is -0.0793. The fourth-order valence-electron chi connectivity index (χ4n) is 4.23. The number of hydrogen-bond acceptors (Lipinski definition) is 11. The molecule has 2 N–H and O–H groups in total. The van der Waals surface area contributed by atoms with Gasteiger partial charge in [0.25, 0.3) is 0 Å². The lowest BCUT2D eigenvalue weighted by atomic mass is 10.1. The van der Waals surface area contributed by atoms with Crippen LogP contribution >= 0.6 is 11.6 Å². The van der Waals surface area contributed by atoms with E-state index in [0.717, 1.165) is 12.8 Å². The van der Waals surface area contributed by atoms with E-state index in [1.54, 1.807) is 24.1 Å². The van der Waals surface area contributed by atoms with Gasteiger partial charge in [0, 0.05) is 39.3 Å². The standard InChI is InChI=1S/C25H27ClN10O3/c1-38-8-9-39-15-21(37)35-6-4-34(5-7-35)20-11-16(12-27)10-19(22(20)26)31-25-32-23(30-17-2-3-17)24-29-14-18(13-28)36(24)33-25/h10-11,14,17H,2-9,15H2,1H3,(H2,30,31,32,33). The van der Waals surface area contributed by atoms with Crippen LogP contribution in [0.1, 0.15) is 24.1 Å². The van der Waals surface area contributed by atoms with E-state index in [9.17, 15) is 15.3 Å². The van der Waals surface area contributed by atoms with Crippen molar-refractivity contribution in [3.05, 3.63) is 34.6 Å². The molecule has 1 aliphatic heterocycles. The molecular weight excluding hydrogens is 524 g/mol. The molecule has 13 nitrogen and oxygen atoms in total. The van der Waals surface area contributed by atoms with Crippen molar-refractivity contribution in [1.82, 2.24) is 24.5 Å². The average molecular weight is 551 g/mol. The van der Waals surface area contributed by atoms with E-state index < -0.39 is 0 Å². The number of aromatic nitrogens is 4. The van der Waals surface area contributed by atoms with E-state index in [4.69, 9.17) is 21.1 Å². The molecule has 2 aliphatic rings. The van der Waals surface area contributed by atoms with Crippen molar-refractivity contribution in [1.29, 1.82) is 10.5 Å². The fraction of sp³-hybridized carbons (Fsp3) is 0.440. The summed E-state index contributed by atoms with van der Waals surface area (Å²) < 4.78 is 11.7. The Bertz CT molecular complexity index is 1450. The second-order valence-electron chi connectivity index (χ2n) is 9.20. The summed E-state index contributed by atoms with van der Waals surface area (Å²) in [4.78, 5) is 25.1. The van der Waals surface area contributed by atoms with Gasteiger partial charge in [-0.25, -0.2) is 4.98 Å². The third kappa shape index (κ3) is 5.96. The summed E-state index contributed by atoms with van der Waals surface area (Å²) in [6.45, 7) is 2.87. The molecule has 3 heterocycles.